The number of likely N-dealkylation sites (N-methyl/N-ethyl adjacent to an activating group) is 1. The number of nitrogens with one attached hydrogen (secondary N) is 2. The van der Waals surface area contributed by atoms with Gasteiger partial charge in [0.15, 0.2) is 0 Å². The molecule has 0 radical (unpaired) electrons. The van der Waals surface area contributed by atoms with E-state index in [1.165, 1.54) is 11.0 Å². The minimum absolute atomic E-state index is 0. The summed E-state index contributed by atoms with van der Waals surface area (Å²) in [7, 11) is 1.57. The number of carbonyl (C=O) groups excluding carboxylic acids is 3. The molecule has 0 atom stereocenters. The summed E-state index contributed by atoms with van der Waals surface area (Å²) in [5.74, 6) is -0.547. The van der Waals surface area contributed by atoms with Crippen LogP contribution in [0.25, 0.3) is 17.0 Å². The van der Waals surface area contributed by atoms with Gasteiger partial charge in [-0.25, -0.2) is 4.98 Å². The molecule has 1 saturated heterocycles. The van der Waals surface area contributed by atoms with Gasteiger partial charge in [-0.3, -0.25) is 19.4 Å². The maximum Gasteiger partial charge on any atom is 0.255 e. The van der Waals surface area contributed by atoms with Crippen molar-refractivity contribution in [3.63, 3.8) is 0 Å². The van der Waals surface area contributed by atoms with Crippen molar-refractivity contribution < 1.29 is 23.9 Å². The number of nitrogens with zero attached hydrogens (tertiary/aromatic N) is 4. The Balaban J connectivity index is 0.00000541. The van der Waals surface area contributed by atoms with Crippen LogP contribution in [-0.4, -0.2) is 67.6 Å². The Hall–Kier alpha value is -5.20. The zero-order valence-electron chi connectivity index (χ0n) is 29.0. The van der Waals surface area contributed by atoms with E-state index in [4.69, 9.17) is 37.7 Å². The molecule has 2 N–H and O–H groups in total. The second kappa shape index (κ2) is 18.0. The van der Waals surface area contributed by atoms with Gasteiger partial charge in [-0.2, -0.15) is 0 Å². The van der Waals surface area contributed by atoms with Crippen molar-refractivity contribution in [1.29, 1.82) is 0 Å². The summed E-state index contributed by atoms with van der Waals surface area (Å²) >= 11 is 13.4. The van der Waals surface area contributed by atoms with Crippen molar-refractivity contribution in [2.75, 3.05) is 55.0 Å². The van der Waals surface area contributed by atoms with E-state index in [1.807, 2.05) is 25.1 Å². The summed E-state index contributed by atoms with van der Waals surface area (Å²) in [5.41, 5.74) is 5.39. The number of anilines is 3. The lowest BCUT2D eigenvalue weighted by Gasteiger charge is -2.30. The molecular weight excluding hydrogens is 739 g/mol. The molecule has 0 saturated carbocycles. The predicted octanol–water partition coefficient (Wildman–Crippen LogP) is 7.13. The molecule has 0 spiro atoms. The zero-order chi connectivity index (χ0) is 36.6. The minimum atomic E-state index is -0.465. The van der Waals surface area contributed by atoms with E-state index in [1.54, 1.807) is 74.0 Å². The lowest BCUT2D eigenvalue weighted by Crippen LogP contribution is -2.37. The number of morpholine rings is 1. The number of aromatic nitrogens is 2. The highest BCUT2D eigenvalue weighted by molar-refractivity contribution is 6.38. The number of rotatable bonds is 11. The molecule has 3 aromatic carbocycles. The predicted molar refractivity (Wildman–Crippen MR) is 212 cm³/mol. The molecule has 0 aliphatic carbocycles. The van der Waals surface area contributed by atoms with Gasteiger partial charge >= 0.3 is 0 Å². The molecule has 1 aliphatic rings. The van der Waals surface area contributed by atoms with Crippen LogP contribution < -0.4 is 25.2 Å². The maximum atomic E-state index is 13.1. The zero-order valence-corrected chi connectivity index (χ0v) is 31.3. The summed E-state index contributed by atoms with van der Waals surface area (Å²) in [6.07, 6.45) is 6.09. The van der Waals surface area contributed by atoms with Gasteiger partial charge in [0.2, 0.25) is 11.8 Å². The van der Waals surface area contributed by atoms with E-state index >= 15 is 0 Å². The number of para-hydroxylation sites is 1. The van der Waals surface area contributed by atoms with Gasteiger partial charge in [0, 0.05) is 77.2 Å². The maximum absolute atomic E-state index is 13.1. The highest BCUT2D eigenvalue weighted by Crippen LogP contribution is 2.37. The molecule has 5 aromatic rings. The lowest BCUT2D eigenvalue weighted by atomic mass is 10.1. The summed E-state index contributed by atoms with van der Waals surface area (Å²) < 4.78 is 11.8. The number of pyridine rings is 2. The fourth-order valence-electron chi connectivity index (χ4n) is 5.67. The average Bonchev–Trinajstić information content (AvgIpc) is 3.16. The van der Waals surface area contributed by atoms with Crippen LogP contribution in [0.3, 0.4) is 0 Å². The third-order valence-corrected chi connectivity index (χ3v) is 9.26. The standard InChI is InChI=1S/C39H36Cl2N6O5.ClH/c1-25-22-33(47-18-20-51-21-19-47)29-4-3-5-34(38(29)44-25)52-24-30-31(40)11-12-32(37(30)41)46(2)36(49)23-43-35(48)13-8-26-6-9-27(10-7-26)39(50)45-28-14-16-42-17-15-28;/h3-17,22H,18-21,23-24H2,1-2H3,(H,43,48)(H,42,45,50);1H/b13-8+;. The van der Waals surface area contributed by atoms with Crippen molar-refractivity contribution >= 4 is 87.4 Å². The van der Waals surface area contributed by atoms with E-state index in [0.29, 0.717) is 52.1 Å². The number of hydrogen-bond donors (Lipinski definition) is 2. The van der Waals surface area contributed by atoms with Gasteiger partial charge in [0.1, 0.15) is 17.9 Å². The van der Waals surface area contributed by atoms with E-state index < -0.39 is 11.8 Å². The van der Waals surface area contributed by atoms with E-state index in [-0.39, 0.29) is 36.5 Å². The van der Waals surface area contributed by atoms with Gasteiger partial charge in [0.25, 0.3) is 5.91 Å². The molecule has 0 unspecified atom stereocenters. The fraction of sp³-hybridized carbons (Fsp3) is 0.205. The van der Waals surface area contributed by atoms with Crippen LogP contribution in [0.2, 0.25) is 10.0 Å². The summed E-state index contributed by atoms with van der Waals surface area (Å²) in [4.78, 5) is 50.5. The van der Waals surface area contributed by atoms with Gasteiger partial charge in [-0.05, 0) is 67.1 Å². The van der Waals surface area contributed by atoms with Gasteiger partial charge in [-0.1, -0.05) is 47.5 Å². The topological polar surface area (TPSA) is 126 Å². The molecule has 1 aliphatic heterocycles. The van der Waals surface area contributed by atoms with Crippen LogP contribution in [0, 0.1) is 6.92 Å². The van der Waals surface area contributed by atoms with E-state index in [9.17, 15) is 14.4 Å². The van der Waals surface area contributed by atoms with Gasteiger partial charge in [0.05, 0.1) is 30.5 Å². The Morgan fingerprint density at radius 1 is 1.00 bits per heavy atom. The van der Waals surface area contributed by atoms with Crippen molar-refractivity contribution in [1.82, 2.24) is 15.3 Å². The van der Waals surface area contributed by atoms with Crippen molar-refractivity contribution in [3.05, 3.63) is 124 Å². The van der Waals surface area contributed by atoms with E-state index in [2.05, 4.69) is 26.6 Å². The Morgan fingerprint density at radius 2 is 1.74 bits per heavy atom. The first-order valence-electron chi connectivity index (χ1n) is 16.5. The second-order valence-corrected chi connectivity index (χ2v) is 12.8. The smallest absolute Gasteiger partial charge is 0.255 e. The Kier molecular flexibility index (Phi) is 13.3. The molecule has 0 bridgehead atoms. The molecule has 274 valence electrons. The minimum Gasteiger partial charge on any atom is -0.487 e. The van der Waals surface area contributed by atoms with Crippen LogP contribution in [0.15, 0.2) is 91.3 Å². The number of carbonyl (C=O) groups is 3. The lowest BCUT2D eigenvalue weighted by molar-refractivity contribution is -0.122. The Morgan fingerprint density at radius 3 is 2.47 bits per heavy atom. The molecule has 3 heterocycles. The first kappa shape index (κ1) is 39.0. The molecule has 6 rings (SSSR count). The molecule has 14 heteroatoms. The SMILES string of the molecule is Cc1cc(N2CCOCC2)c2cccc(OCc3c(Cl)ccc(N(C)C(=O)CNC(=O)/C=C/c4ccc(C(=O)Nc5ccncc5)cc4)c3Cl)c2n1.Cl. The molecular formula is C39H37Cl3N6O5. The first-order valence-corrected chi connectivity index (χ1v) is 17.3. The van der Waals surface area contributed by atoms with Crippen LogP contribution in [0.1, 0.15) is 27.2 Å². The van der Waals surface area contributed by atoms with Crippen LogP contribution in [0.5, 0.6) is 5.75 Å². The van der Waals surface area contributed by atoms with Gasteiger partial charge < -0.3 is 29.9 Å². The third kappa shape index (κ3) is 9.62. The second-order valence-electron chi connectivity index (χ2n) is 12.0. The average molecular weight is 776 g/mol. The highest BCUT2D eigenvalue weighted by atomic mass is 35.5. The normalized spacial score (nSPS) is 12.6. The Labute approximate surface area is 323 Å². The van der Waals surface area contributed by atoms with E-state index in [0.717, 1.165) is 35.4 Å². The molecule has 11 nitrogen and oxygen atoms in total. The Bertz CT molecular complexity index is 2130. The number of hydrogen-bond acceptors (Lipinski definition) is 8. The van der Waals surface area contributed by atoms with Crippen molar-refractivity contribution in [2.45, 2.75) is 13.5 Å². The quantitative estimate of drug-likeness (QED) is 0.136. The number of benzene rings is 3. The number of halogens is 3. The molecule has 2 aromatic heterocycles. The van der Waals surface area contributed by atoms with Crippen LogP contribution >= 0.6 is 35.6 Å². The largest absolute Gasteiger partial charge is 0.487 e. The highest BCUT2D eigenvalue weighted by Gasteiger charge is 2.21. The molecule has 3 amide bonds. The van der Waals surface area contributed by atoms with Crippen LogP contribution in [-0.2, 0) is 20.9 Å². The summed E-state index contributed by atoms with van der Waals surface area (Å²) in [5, 5.41) is 7.01. The summed E-state index contributed by atoms with van der Waals surface area (Å²) in [6, 6.07) is 21.3. The monoisotopic (exact) mass is 774 g/mol. The molecule has 53 heavy (non-hydrogen) atoms. The number of ether oxygens (including phenoxy) is 2. The number of fused-ring (bicyclic) bond motifs is 1. The first-order chi connectivity index (χ1) is 25.2. The number of amides is 3. The third-order valence-electron chi connectivity index (χ3n) is 8.49. The van der Waals surface area contributed by atoms with Crippen LogP contribution in [0.4, 0.5) is 17.1 Å². The molecule has 1 fully saturated rings. The van der Waals surface area contributed by atoms with Gasteiger partial charge in [-0.15, -0.1) is 12.4 Å². The number of aryl methyl sites for hydroxylation is 1. The summed E-state index contributed by atoms with van der Waals surface area (Å²) in [6.45, 7) is 4.63. The van der Waals surface area contributed by atoms with Crippen molar-refractivity contribution in [2.24, 2.45) is 0 Å². The van der Waals surface area contributed by atoms with Crippen molar-refractivity contribution in [3.8, 4) is 5.75 Å². The fourth-order valence-corrected chi connectivity index (χ4v) is 6.27.